The Kier molecular flexibility index (Phi) is 3.27. The van der Waals surface area contributed by atoms with Crippen LogP contribution in [0.15, 0.2) is 47.0 Å². The molecule has 0 saturated carbocycles. The molecule has 1 heterocycles. The lowest BCUT2D eigenvalue weighted by Crippen LogP contribution is -1.94. The molecule has 0 aliphatic carbocycles. The molecule has 0 saturated heterocycles. The molecule has 0 aliphatic heterocycles. The van der Waals surface area contributed by atoms with Gasteiger partial charge in [-0.15, -0.1) is 0 Å². The van der Waals surface area contributed by atoms with Crippen LogP contribution in [0.5, 0.6) is 5.75 Å². The van der Waals surface area contributed by atoms with Gasteiger partial charge in [0.15, 0.2) is 5.82 Å². The molecule has 0 atom stereocenters. The number of hydrogen-bond acceptors (Lipinski definition) is 5. The van der Waals surface area contributed by atoms with Crippen LogP contribution in [-0.4, -0.2) is 15.2 Å². The molecule has 3 rings (SSSR count). The van der Waals surface area contributed by atoms with Crippen molar-refractivity contribution in [3.63, 3.8) is 0 Å². The van der Waals surface area contributed by atoms with Crippen molar-refractivity contribution >= 4 is 5.69 Å². The van der Waals surface area contributed by atoms with E-state index in [4.69, 9.17) is 10.3 Å². The normalized spacial score (nSPS) is 10.7. The molecule has 5 nitrogen and oxygen atoms in total. The van der Waals surface area contributed by atoms with Gasteiger partial charge in [0.2, 0.25) is 0 Å². The monoisotopic (exact) mass is 285 g/mol. The number of phenols is 1. The minimum atomic E-state index is -0.320. The van der Waals surface area contributed by atoms with Gasteiger partial charge in [-0.2, -0.15) is 4.98 Å². The Morgan fingerprint density at radius 2 is 2.00 bits per heavy atom. The predicted octanol–water partition coefficient (Wildman–Crippen LogP) is 2.75. The fourth-order valence-electron chi connectivity index (χ4n) is 1.98. The maximum absolute atomic E-state index is 13.6. The van der Waals surface area contributed by atoms with E-state index < -0.39 is 0 Å². The number of nitrogens with two attached hydrogens (primary N) is 1. The molecule has 0 bridgehead atoms. The van der Waals surface area contributed by atoms with Gasteiger partial charge in [-0.3, -0.25) is 0 Å². The van der Waals surface area contributed by atoms with Gasteiger partial charge in [0.05, 0.1) is 5.56 Å². The number of benzene rings is 2. The van der Waals surface area contributed by atoms with E-state index in [1.807, 2.05) is 0 Å². The second-order valence-corrected chi connectivity index (χ2v) is 4.56. The quantitative estimate of drug-likeness (QED) is 0.723. The van der Waals surface area contributed by atoms with E-state index in [1.165, 1.54) is 12.1 Å². The van der Waals surface area contributed by atoms with Crippen LogP contribution >= 0.6 is 0 Å². The third-order valence-corrected chi connectivity index (χ3v) is 3.03. The van der Waals surface area contributed by atoms with Crippen LogP contribution < -0.4 is 5.73 Å². The highest BCUT2D eigenvalue weighted by molar-refractivity contribution is 5.66. The highest BCUT2D eigenvalue weighted by atomic mass is 19.1. The number of anilines is 1. The summed E-state index contributed by atoms with van der Waals surface area (Å²) >= 11 is 0. The minimum Gasteiger partial charge on any atom is -0.507 e. The number of halogens is 1. The fourth-order valence-corrected chi connectivity index (χ4v) is 1.98. The third kappa shape index (κ3) is 2.69. The molecule has 3 N–H and O–H groups in total. The van der Waals surface area contributed by atoms with E-state index in [0.29, 0.717) is 22.6 Å². The largest absolute Gasteiger partial charge is 0.507 e. The Morgan fingerprint density at radius 3 is 2.76 bits per heavy atom. The van der Waals surface area contributed by atoms with Crippen molar-refractivity contribution in [3.8, 4) is 17.2 Å². The zero-order chi connectivity index (χ0) is 14.8. The maximum atomic E-state index is 13.6. The molecule has 1 aromatic heterocycles. The number of aromatic nitrogens is 2. The van der Waals surface area contributed by atoms with Crippen LogP contribution in [-0.2, 0) is 6.42 Å². The Morgan fingerprint density at radius 1 is 1.19 bits per heavy atom. The fraction of sp³-hybridized carbons (Fsp3) is 0.0667. The van der Waals surface area contributed by atoms with Crippen LogP contribution in [0.2, 0.25) is 0 Å². The van der Waals surface area contributed by atoms with E-state index in [1.54, 1.807) is 30.3 Å². The molecule has 6 heteroatoms. The summed E-state index contributed by atoms with van der Waals surface area (Å²) in [6.45, 7) is 0. The summed E-state index contributed by atoms with van der Waals surface area (Å²) in [4.78, 5) is 4.16. The smallest absolute Gasteiger partial charge is 0.261 e. The maximum Gasteiger partial charge on any atom is 0.261 e. The SMILES string of the molecule is Nc1ccc(-c2nc(Cc3ccccc3F)no2)c(O)c1. The Balaban J connectivity index is 1.88. The van der Waals surface area contributed by atoms with Crippen LogP contribution in [0, 0.1) is 5.82 Å². The van der Waals surface area contributed by atoms with Crippen molar-refractivity contribution in [2.75, 3.05) is 5.73 Å². The average Bonchev–Trinajstić information content (AvgIpc) is 2.90. The van der Waals surface area contributed by atoms with E-state index in [0.717, 1.165) is 0 Å². The molecule has 2 aromatic carbocycles. The molecular weight excluding hydrogens is 273 g/mol. The first kappa shape index (κ1) is 13.1. The Hall–Kier alpha value is -2.89. The topological polar surface area (TPSA) is 85.2 Å². The van der Waals surface area contributed by atoms with E-state index in [-0.39, 0.29) is 23.9 Å². The van der Waals surface area contributed by atoms with Gasteiger partial charge in [-0.1, -0.05) is 23.4 Å². The second kappa shape index (κ2) is 5.24. The van der Waals surface area contributed by atoms with Crippen molar-refractivity contribution in [2.24, 2.45) is 0 Å². The molecule has 106 valence electrons. The summed E-state index contributed by atoms with van der Waals surface area (Å²) < 4.78 is 18.7. The lowest BCUT2D eigenvalue weighted by molar-refractivity contribution is 0.418. The highest BCUT2D eigenvalue weighted by Gasteiger charge is 2.14. The first-order valence-electron chi connectivity index (χ1n) is 6.28. The Labute approximate surface area is 119 Å². The van der Waals surface area contributed by atoms with Gasteiger partial charge in [0, 0.05) is 18.2 Å². The van der Waals surface area contributed by atoms with Gasteiger partial charge < -0.3 is 15.4 Å². The predicted molar refractivity (Wildman–Crippen MR) is 75.0 cm³/mol. The van der Waals surface area contributed by atoms with Gasteiger partial charge in [0.1, 0.15) is 11.6 Å². The molecule has 0 aliphatic rings. The second-order valence-electron chi connectivity index (χ2n) is 4.56. The van der Waals surface area contributed by atoms with Crippen molar-refractivity contribution in [3.05, 3.63) is 59.7 Å². The zero-order valence-corrected chi connectivity index (χ0v) is 11.0. The summed E-state index contributed by atoms with van der Waals surface area (Å²) in [6, 6.07) is 11.0. The first-order chi connectivity index (χ1) is 10.1. The van der Waals surface area contributed by atoms with Crippen molar-refractivity contribution in [1.29, 1.82) is 0 Å². The number of phenolic OH excluding ortho intramolecular Hbond substituents is 1. The van der Waals surface area contributed by atoms with Crippen LogP contribution in [0.3, 0.4) is 0 Å². The van der Waals surface area contributed by atoms with E-state index in [9.17, 15) is 9.50 Å². The van der Waals surface area contributed by atoms with Crippen LogP contribution in [0.1, 0.15) is 11.4 Å². The number of hydrogen-bond donors (Lipinski definition) is 2. The van der Waals surface area contributed by atoms with E-state index >= 15 is 0 Å². The van der Waals surface area contributed by atoms with Crippen molar-refractivity contribution in [1.82, 2.24) is 10.1 Å². The standard InChI is InChI=1S/C15H12FN3O2/c16-12-4-2-1-3-9(12)7-14-18-15(21-19-14)11-6-5-10(17)8-13(11)20/h1-6,8,20H,7,17H2. The molecule has 0 radical (unpaired) electrons. The van der Waals surface area contributed by atoms with Gasteiger partial charge in [0.25, 0.3) is 5.89 Å². The minimum absolute atomic E-state index is 0.0453. The zero-order valence-electron chi connectivity index (χ0n) is 11.0. The number of aromatic hydroxyl groups is 1. The van der Waals surface area contributed by atoms with Crippen molar-refractivity contribution < 1.29 is 14.0 Å². The molecule has 3 aromatic rings. The summed E-state index contributed by atoms with van der Waals surface area (Å²) in [7, 11) is 0. The van der Waals surface area contributed by atoms with Crippen molar-refractivity contribution in [2.45, 2.75) is 6.42 Å². The van der Waals surface area contributed by atoms with Gasteiger partial charge in [-0.25, -0.2) is 4.39 Å². The number of nitrogen functional groups attached to an aromatic ring is 1. The number of nitrogens with zero attached hydrogens (tertiary/aromatic N) is 2. The van der Waals surface area contributed by atoms with Crippen LogP contribution in [0.25, 0.3) is 11.5 Å². The van der Waals surface area contributed by atoms with E-state index in [2.05, 4.69) is 10.1 Å². The summed E-state index contributed by atoms with van der Waals surface area (Å²) in [5, 5.41) is 13.6. The summed E-state index contributed by atoms with van der Waals surface area (Å²) in [5.74, 6) is 0.139. The average molecular weight is 285 g/mol. The number of rotatable bonds is 3. The highest BCUT2D eigenvalue weighted by Crippen LogP contribution is 2.29. The molecule has 0 amide bonds. The lowest BCUT2D eigenvalue weighted by Gasteiger charge is -2.00. The Bertz CT molecular complexity index is 786. The summed E-state index contributed by atoms with van der Waals surface area (Å²) in [6.07, 6.45) is 0.214. The molecule has 21 heavy (non-hydrogen) atoms. The lowest BCUT2D eigenvalue weighted by atomic mass is 10.1. The van der Waals surface area contributed by atoms with Gasteiger partial charge >= 0.3 is 0 Å². The third-order valence-electron chi connectivity index (χ3n) is 3.03. The molecular formula is C15H12FN3O2. The first-order valence-corrected chi connectivity index (χ1v) is 6.28. The molecule has 0 spiro atoms. The molecule has 0 unspecified atom stereocenters. The molecule has 0 fully saturated rings. The summed E-state index contributed by atoms with van der Waals surface area (Å²) in [5.41, 5.74) is 6.86. The van der Waals surface area contributed by atoms with Gasteiger partial charge in [-0.05, 0) is 23.8 Å². The van der Waals surface area contributed by atoms with Crippen LogP contribution in [0.4, 0.5) is 10.1 Å².